The summed E-state index contributed by atoms with van der Waals surface area (Å²) in [6, 6.07) is 9.79. The second-order valence-corrected chi connectivity index (χ2v) is 6.44. The number of amides is 2. The first-order valence-corrected chi connectivity index (χ1v) is 8.47. The number of carbonyl (C=O) groups is 2. The Balaban J connectivity index is 1.55. The molecule has 2 heterocycles. The lowest BCUT2D eigenvalue weighted by atomic mass is 10.0. The predicted molar refractivity (Wildman–Crippen MR) is 90.9 cm³/mol. The zero-order valence-corrected chi connectivity index (χ0v) is 14.5. The van der Waals surface area contributed by atoms with Gasteiger partial charge in [0.15, 0.2) is 10.4 Å². The molecule has 0 bridgehead atoms. The molecule has 1 aliphatic rings. The number of piperidine rings is 1. The van der Waals surface area contributed by atoms with Gasteiger partial charge in [-0.25, -0.2) is 0 Å². The van der Waals surface area contributed by atoms with Crippen LogP contribution in [-0.2, 0) is 0 Å². The lowest BCUT2D eigenvalue weighted by Gasteiger charge is -2.32. The number of benzene rings is 1. The highest BCUT2D eigenvalue weighted by Gasteiger charge is 2.26. The zero-order valence-electron chi connectivity index (χ0n) is 12.9. The summed E-state index contributed by atoms with van der Waals surface area (Å²) in [4.78, 5) is 26.2. The van der Waals surface area contributed by atoms with E-state index in [1.807, 2.05) is 0 Å². The topological polar surface area (TPSA) is 82.8 Å². The molecule has 1 aliphatic heterocycles. The third-order valence-corrected chi connectivity index (χ3v) is 4.48. The Hall–Kier alpha value is -2.28. The summed E-state index contributed by atoms with van der Waals surface area (Å²) in [5.74, 6) is -0.199. The van der Waals surface area contributed by atoms with Gasteiger partial charge in [0.2, 0.25) is 0 Å². The van der Waals surface area contributed by atoms with Crippen LogP contribution in [0, 0.1) is 0 Å². The minimum atomic E-state index is -0.258. The molecule has 7 heteroatoms. The quantitative estimate of drug-likeness (QED) is 0.840. The maximum atomic E-state index is 12.4. The number of halogens is 1. The van der Waals surface area contributed by atoms with Crippen LogP contribution in [0.4, 0.5) is 0 Å². The maximum Gasteiger partial charge on any atom is 0.287 e. The Bertz CT molecular complexity index is 751. The van der Waals surface area contributed by atoms with Crippen molar-refractivity contribution in [2.45, 2.75) is 18.9 Å². The fraction of sp³-hybridized carbons (Fsp3) is 0.294. The highest BCUT2D eigenvalue weighted by atomic mass is 79.9. The lowest BCUT2D eigenvalue weighted by molar-refractivity contribution is 0.0693. The minimum Gasteiger partial charge on any atom is -0.507 e. The van der Waals surface area contributed by atoms with E-state index in [0.717, 1.165) is 0 Å². The summed E-state index contributed by atoms with van der Waals surface area (Å²) in [5, 5.41) is 12.7. The second-order valence-electron chi connectivity index (χ2n) is 5.66. The van der Waals surface area contributed by atoms with E-state index in [-0.39, 0.29) is 29.4 Å². The van der Waals surface area contributed by atoms with Gasteiger partial charge in [-0.2, -0.15) is 0 Å². The zero-order chi connectivity index (χ0) is 17.1. The fourth-order valence-electron chi connectivity index (χ4n) is 2.74. The Morgan fingerprint density at radius 2 is 1.88 bits per heavy atom. The summed E-state index contributed by atoms with van der Waals surface area (Å²) in [6.07, 6.45) is 1.32. The minimum absolute atomic E-state index is 0.00482. The number of para-hydroxylation sites is 1. The van der Waals surface area contributed by atoms with Crippen molar-refractivity contribution in [2.75, 3.05) is 13.1 Å². The van der Waals surface area contributed by atoms with Crippen LogP contribution < -0.4 is 5.32 Å². The van der Waals surface area contributed by atoms with E-state index in [2.05, 4.69) is 21.2 Å². The van der Waals surface area contributed by atoms with Gasteiger partial charge in [0.1, 0.15) is 5.75 Å². The van der Waals surface area contributed by atoms with Crippen molar-refractivity contribution in [2.24, 2.45) is 0 Å². The summed E-state index contributed by atoms with van der Waals surface area (Å²) >= 11 is 3.17. The third-order valence-electron chi connectivity index (χ3n) is 4.05. The number of likely N-dealkylation sites (tertiary alicyclic amines) is 1. The second kappa shape index (κ2) is 7.09. The van der Waals surface area contributed by atoms with Gasteiger partial charge in [0.25, 0.3) is 11.8 Å². The van der Waals surface area contributed by atoms with Crippen LogP contribution in [0.3, 0.4) is 0 Å². The molecule has 24 heavy (non-hydrogen) atoms. The first-order chi connectivity index (χ1) is 11.5. The number of phenols is 1. The number of aromatic hydroxyl groups is 1. The van der Waals surface area contributed by atoms with Crippen LogP contribution in [0.15, 0.2) is 45.5 Å². The van der Waals surface area contributed by atoms with Gasteiger partial charge in [-0.15, -0.1) is 0 Å². The van der Waals surface area contributed by atoms with Crippen molar-refractivity contribution in [3.63, 3.8) is 0 Å². The molecule has 1 aromatic heterocycles. The number of nitrogens with zero attached hydrogens (tertiary/aromatic N) is 1. The smallest absolute Gasteiger partial charge is 0.287 e. The van der Waals surface area contributed by atoms with Crippen molar-refractivity contribution in [3.8, 4) is 5.75 Å². The molecule has 0 aliphatic carbocycles. The summed E-state index contributed by atoms with van der Waals surface area (Å²) in [6.45, 7) is 1.06. The van der Waals surface area contributed by atoms with Crippen molar-refractivity contribution in [3.05, 3.63) is 52.4 Å². The molecule has 0 spiro atoms. The molecule has 1 saturated heterocycles. The SMILES string of the molecule is O=C(NC1CCN(C(=O)c2ccccc2O)CC1)c1ccc(Br)o1. The molecule has 2 amide bonds. The van der Waals surface area contributed by atoms with Gasteiger partial charge in [-0.1, -0.05) is 12.1 Å². The van der Waals surface area contributed by atoms with E-state index in [4.69, 9.17) is 4.42 Å². The molecule has 0 saturated carbocycles. The molecular weight excluding hydrogens is 376 g/mol. The average Bonchev–Trinajstić information content (AvgIpc) is 3.02. The van der Waals surface area contributed by atoms with E-state index in [1.54, 1.807) is 35.2 Å². The number of hydrogen-bond acceptors (Lipinski definition) is 4. The number of nitrogens with one attached hydrogen (secondary N) is 1. The Labute approximate surface area is 147 Å². The Kier molecular flexibility index (Phi) is 4.89. The molecule has 0 atom stereocenters. The van der Waals surface area contributed by atoms with E-state index < -0.39 is 0 Å². The third kappa shape index (κ3) is 3.62. The molecule has 2 N–H and O–H groups in total. The van der Waals surface area contributed by atoms with Crippen LogP contribution in [0.25, 0.3) is 0 Å². The van der Waals surface area contributed by atoms with E-state index in [9.17, 15) is 14.7 Å². The van der Waals surface area contributed by atoms with Crippen molar-refractivity contribution < 1.29 is 19.1 Å². The summed E-state index contributed by atoms with van der Waals surface area (Å²) in [7, 11) is 0. The molecule has 1 aromatic carbocycles. The first-order valence-electron chi connectivity index (χ1n) is 7.68. The first kappa shape index (κ1) is 16.6. The molecule has 126 valence electrons. The van der Waals surface area contributed by atoms with Crippen LogP contribution in [0.5, 0.6) is 5.75 Å². The normalized spacial score (nSPS) is 15.3. The van der Waals surface area contributed by atoms with E-state index in [0.29, 0.717) is 36.2 Å². The van der Waals surface area contributed by atoms with Gasteiger partial charge >= 0.3 is 0 Å². The number of carbonyl (C=O) groups excluding carboxylic acids is 2. The van der Waals surface area contributed by atoms with Crippen LogP contribution in [0.1, 0.15) is 33.8 Å². The van der Waals surface area contributed by atoms with Gasteiger partial charge in [-0.05, 0) is 53.0 Å². The largest absolute Gasteiger partial charge is 0.507 e. The molecular formula is C17H17BrN2O4. The Morgan fingerprint density at radius 1 is 1.17 bits per heavy atom. The van der Waals surface area contributed by atoms with Crippen LogP contribution >= 0.6 is 15.9 Å². The van der Waals surface area contributed by atoms with Gasteiger partial charge in [0.05, 0.1) is 5.56 Å². The highest BCUT2D eigenvalue weighted by molar-refractivity contribution is 9.10. The molecule has 6 nitrogen and oxygen atoms in total. The highest BCUT2D eigenvalue weighted by Crippen LogP contribution is 2.21. The van der Waals surface area contributed by atoms with Crippen LogP contribution in [0.2, 0.25) is 0 Å². The van der Waals surface area contributed by atoms with Gasteiger partial charge in [-0.3, -0.25) is 9.59 Å². The van der Waals surface area contributed by atoms with E-state index in [1.165, 1.54) is 6.07 Å². The number of rotatable bonds is 3. The van der Waals surface area contributed by atoms with E-state index >= 15 is 0 Å². The predicted octanol–water partition coefficient (Wildman–Crippen LogP) is 2.78. The van der Waals surface area contributed by atoms with Gasteiger partial charge in [0, 0.05) is 19.1 Å². The monoisotopic (exact) mass is 392 g/mol. The molecule has 1 fully saturated rings. The summed E-state index contributed by atoms with van der Waals surface area (Å²) in [5.41, 5.74) is 0.306. The fourth-order valence-corrected chi connectivity index (χ4v) is 3.05. The van der Waals surface area contributed by atoms with Crippen LogP contribution in [-0.4, -0.2) is 41.0 Å². The lowest BCUT2D eigenvalue weighted by Crippen LogP contribution is -2.46. The average molecular weight is 393 g/mol. The summed E-state index contributed by atoms with van der Waals surface area (Å²) < 4.78 is 5.74. The standard InChI is InChI=1S/C17H17BrN2O4/c18-15-6-5-14(24-15)16(22)19-11-7-9-20(10-8-11)17(23)12-3-1-2-4-13(12)21/h1-6,11,21H,7-10H2,(H,19,22). The Morgan fingerprint density at radius 3 is 2.50 bits per heavy atom. The van der Waals surface area contributed by atoms with Crippen molar-refractivity contribution in [1.82, 2.24) is 10.2 Å². The number of furan rings is 1. The molecule has 0 radical (unpaired) electrons. The molecule has 3 rings (SSSR count). The van der Waals surface area contributed by atoms with Crippen molar-refractivity contribution in [1.29, 1.82) is 0 Å². The maximum absolute atomic E-state index is 12.4. The molecule has 2 aromatic rings. The number of hydrogen-bond donors (Lipinski definition) is 2. The van der Waals surface area contributed by atoms with Gasteiger partial charge < -0.3 is 19.7 Å². The molecule has 0 unspecified atom stereocenters. The van der Waals surface area contributed by atoms with Crippen molar-refractivity contribution >= 4 is 27.7 Å². The number of phenolic OH excluding ortho intramolecular Hbond substituents is 1.